The molecule has 0 bridgehead atoms. The Bertz CT molecular complexity index is 646. The number of nitrogens with two attached hydrogens (primary N) is 1. The zero-order valence-corrected chi connectivity index (χ0v) is 12.2. The molecular weight excluding hydrogens is 302 g/mol. The molecule has 0 radical (unpaired) electrons. The van der Waals surface area contributed by atoms with Gasteiger partial charge in [0.2, 0.25) is 5.91 Å². The van der Waals surface area contributed by atoms with E-state index in [1.165, 1.54) is 23.1 Å². The van der Waals surface area contributed by atoms with Gasteiger partial charge >= 0.3 is 4.87 Å². The third kappa shape index (κ3) is 2.25. The molecule has 0 aromatic carbocycles. The van der Waals surface area contributed by atoms with E-state index in [9.17, 15) is 9.59 Å². The molecule has 0 spiro atoms. The largest absolute Gasteiger partial charge is 0.307 e. The van der Waals surface area contributed by atoms with E-state index in [-0.39, 0.29) is 22.6 Å². The fraction of sp³-hybridized carbons (Fsp3) is 0.273. The topological polar surface area (TPSA) is 88.0 Å². The lowest BCUT2D eigenvalue weighted by atomic mass is 9.90. The van der Waals surface area contributed by atoms with E-state index in [1.807, 2.05) is 17.5 Å². The highest BCUT2D eigenvalue weighted by Crippen LogP contribution is 2.46. The van der Waals surface area contributed by atoms with Crippen molar-refractivity contribution in [3.63, 3.8) is 0 Å². The molecule has 100 valence electrons. The van der Waals surface area contributed by atoms with E-state index in [0.29, 0.717) is 5.75 Å². The van der Waals surface area contributed by atoms with Crippen LogP contribution in [0.15, 0.2) is 27.3 Å². The van der Waals surface area contributed by atoms with Crippen molar-refractivity contribution in [2.24, 2.45) is 11.8 Å². The van der Waals surface area contributed by atoms with Gasteiger partial charge in [0.05, 0.1) is 10.9 Å². The third-order valence-electron chi connectivity index (χ3n) is 3.06. The zero-order valence-electron chi connectivity index (χ0n) is 9.71. The summed E-state index contributed by atoms with van der Waals surface area (Å²) in [7, 11) is 0. The monoisotopic (exact) mass is 313 g/mol. The Hall–Kier alpha value is -1.09. The Morgan fingerprint density at radius 1 is 1.53 bits per heavy atom. The molecule has 19 heavy (non-hydrogen) atoms. The number of rotatable bonds is 2. The number of H-pyrrole nitrogens is 1. The molecule has 4 N–H and O–H groups in total. The molecule has 3 heterocycles. The first-order valence-corrected chi connectivity index (χ1v) is 8.28. The smallest absolute Gasteiger partial charge is 0.305 e. The lowest BCUT2D eigenvalue weighted by molar-refractivity contribution is -0.124. The number of hydrogen-bond donors (Lipinski definition) is 3. The van der Waals surface area contributed by atoms with Crippen LogP contribution in [0.4, 0.5) is 0 Å². The van der Waals surface area contributed by atoms with Crippen LogP contribution in [0.5, 0.6) is 0 Å². The molecule has 0 saturated heterocycles. The summed E-state index contributed by atoms with van der Waals surface area (Å²) in [6.45, 7) is 0. The molecule has 2 atom stereocenters. The van der Waals surface area contributed by atoms with E-state index in [2.05, 4.69) is 10.4 Å². The van der Waals surface area contributed by atoms with Crippen LogP contribution >= 0.6 is 34.4 Å². The van der Waals surface area contributed by atoms with Gasteiger partial charge in [-0.05, 0) is 11.4 Å². The molecular formula is C11H11N3O2S3. The van der Waals surface area contributed by atoms with Crippen molar-refractivity contribution in [1.82, 2.24) is 10.4 Å². The molecule has 1 aliphatic heterocycles. The molecule has 2 aromatic heterocycles. The number of thioether (sulfide) groups is 1. The molecule has 1 aliphatic rings. The predicted molar refractivity (Wildman–Crippen MR) is 77.6 cm³/mol. The normalized spacial score (nSPS) is 21.9. The van der Waals surface area contributed by atoms with Crippen LogP contribution in [0, 0.1) is 5.92 Å². The standard InChI is InChI=1S/C11H11N3O2S3/c12-14-9(15)5-4-18-10-8(19-11(16)13-10)7(5)6-2-1-3-17-6/h1-3,5,7H,4,12H2,(H,13,16)(H,14,15)/t5-,7+/m1/s1. The van der Waals surface area contributed by atoms with Gasteiger partial charge in [-0.3, -0.25) is 15.0 Å². The molecule has 1 amide bonds. The Morgan fingerprint density at radius 2 is 2.37 bits per heavy atom. The lowest BCUT2D eigenvalue weighted by Gasteiger charge is -2.28. The van der Waals surface area contributed by atoms with Crippen LogP contribution in [-0.2, 0) is 4.79 Å². The van der Waals surface area contributed by atoms with Crippen molar-refractivity contribution in [2.45, 2.75) is 10.9 Å². The first kappa shape index (κ1) is 12.9. The maximum atomic E-state index is 12.0. The van der Waals surface area contributed by atoms with E-state index >= 15 is 0 Å². The average Bonchev–Trinajstić information content (AvgIpc) is 3.04. The van der Waals surface area contributed by atoms with Gasteiger partial charge in [-0.2, -0.15) is 0 Å². The highest BCUT2D eigenvalue weighted by atomic mass is 32.2. The van der Waals surface area contributed by atoms with Gasteiger partial charge < -0.3 is 4.98 Å². The summed E-state index contributed by atoms with van der Waals surface area (Å²) in [6, 6.07) is 3.95. The summed E-state index contributed by atoms with van der Waals surface area (Å²) >= 11 is 4.28. The van der Waals surface area contributed by atoms with Gasteiger partial charge in [-0.1, -0.05) is 17.4 Å². The number of fused-ring (bicyclic) bond motifs is 1. The van der Waals surface area contributed by atoms with Crippen LogP contribution < -0.4 is 16.1 Å². The Balaban J connectivity index is 2.10. The summed E-state index contributed by atoms with van der Waals surface area (Å²) < 4.78 is 0. The maximum absolute atomic E-state index is 12.0. The summed E-state index contributed by atoms with van der Waals surface area (Å²) in [5.41, 5.74) is 2.23. The van der Waals surface area contributed by atoms with Crippen molar-refractivity contribution in [2.75, 3.05) is 5.75 Å². The van der Waals surface area contributed by atoms with E-state index in [1.54, 1.807) is 11.3 Å². The highest BCUT2D eigenvalue weighted by Gasteiger charge is 2.38. The Labute approximate surface area is 121 Å². The number of thiazole rings is 1. The summed E-state index contributed by atoms with van der Waals surface area (Å²) in [4.78, 5) is 28.3. The summed E-state index contributed by atoms with van der Waals surface area (Å²) in [5, 5.41) is 2.86. The van der Waals surface area contributed by atoms with Crippen molar-refractivity contribution >= 4 is 40.3 Å². The number of amides is 1. The number of hydrazine groups is 1. The van der Waals surface area contributed by atoms with Crippen LogP contribution in [0.3, 0.4) is 0 Å². The van der Waals surface area contributed by atoms with Gasteiger partial charge in [0.15, 0.2) is 0 Å². The van der Waals surface area contributed by atoms with Crippen LogP contribution in [0.2, 0.25) is 0 Å². The molecule has 0 aliphatic carbocycles. The van der Waals surface area contributed by atoms with Gasteiger partial charge in [0.1, 0.15) is 0 Å². The fourth-order valence-corrected chi connectivity index (χ4v) is 5.60. The van der Waals surface area contributed by atoms with Crippen molar-refractivity contribution in [1.29, 1.82) is 0 Å². The molecule has 0 saturated carbocycles. The third-order valence-corrected chi connectivity index (χ3v) is 6.25. The lowest BCUT2D eigenvalue weighted by Crippen LogP contribution is -2.40. The molecule has 8 heteroatoms. The molecule has 5 nitrogen and oxygen atoms in total. The molecule has 0 unspecified atom stereocenters. The first-order chi connectivity index (χ1) is 9.20. The Kier molecular flexibility index (Phi) is 3.48. The molecule has 3 rings (SSSR count). The number of nitrogens with one attached hydrogen (secondary N) is 2. The van der Waals surface area contributed by atoms with Crippen LogP contribution in [0.25, 0.3) is 0 Å². The van der Waals surface area contributed by atoms with Crippen molar-refractivity contribution in [3.8, 4) is 0 Å². The maximum Gasteiger partial charge on any atom is 0.305 e. The van der Waals surface area contributed by atoms with Gasteiger partial charge in [-0.15, -0.1) is 23.1 Å². The number of carbonyl (C=O) groups excluding carboxylic acids is 1. The summed E-state index contributed by atoms with van der Waals surface area (Å²) in [5.74, 6) is 5.38. The number of carbonyl (C=O) groups is 1. The van der Waals surface area contributed by atoms with Crippen molar-refractivity contribution < 1.29 is 4.79 Å². The molecule has 2 aromatic rings. The SMILES string of the molecule is NNC(=O)[C@@H]1CSc2[nH]c(=O)sc2[C@@H]1c1cccs1. The number of thiophene rings is 1. The second-order valence-electron chi connectivity index (χ2n) is 4.13. The second kappa shape index (κ2) is 5.12. The number of aromatic nitrogens is 1. The first-order valence-electron chi connectivity index (χ1n) is 5.60. The average molecular weight is 313 g/mol. The highest BCUT2D eigenvalue weighted by molar-refractivity contribution is 7.99. The molecule has 0 fully saturated rings. The zero-order chi connectivity index (χ0) is 13.4. The predicted octanol–water partition coefficient (Wildman–Crippen LogP) is 1.34. The van der Waals surface area contributed by atoms with E-state index in [0.717, 1.165) is 14.8 Å². The Morgan fingerprint density at radius 3 is 3.05 bits per heavy atom. The quantitative estimate of drug-likeness (QED) is 0.443. The number of hydrogen-bond acceptors (Lipinski definition) is 6. The minimum Gasteiger partial charge on any atom is -0.307 e. The van der Waals surface area contributed by atoms with Gasteiger partial charge in [0, 0.05) is 21.4 Å². The van der Waals surface area contributed by atoms with Gasteiger partial charge in [0.25, 0.3) is 0 Å². The van der Waals surface area contributed by atoms with Gasteiger partial charge in [-0.25, -0.2) is 5.84 Å². The number of aromatic amines is 1. The summed E-state index contributed by atoms with van der Waals surface area (Å²) in [6.07, 6.45) is 0. The minimum absolute atomic E-state index is 0.0761. The fourth-order valence-electron chi connectivity index (χ4n) is 2.22. The van der Waals surface area contributed by atoms with E-state index in [4.69, 9.17) is 5.84 Å². The minimum atomic E-state index is -0.243. The van der Waals surface area contributed by atoms with Crippen molar-refractivity contribution in [3.05, 3.63) is 36.9 Å². The van der Waals surface area contributed by atoms with E-state index < -0.39 is 0 Å². The van der Waals surface area contributed by atoms with Crippen LogP contribution in [-0.4, -0.2) is 16.6 Å². The second-order valence-corrected chi connectivity index (χ2v) is 7.15. The van der Waals surface area contributed by atoms with Crippen LogP contribution in [0.1, 0.15) is 15.7 Å².